The third kappa shape index (κ3) is 3.94. The highest BCUT2D eigenvalue weighted by molar-refractivity contribution is 6.22. The molecule has 0 aliphatic heterocycles. The highest BCUT2D eigenvalue weighted by atomic mass is 16.4. The molecule has 10 rings (SSSR count). The standard InChI is InChI=1S/C43H27N3O2/c1-4-15-28(16-5-1)43-44-41-36(27-38-40(42(41)48-43)32-22-11-13-26-37(32)47-38)46(30-19-8-3-9-20-30)35-25-14-24-34-39(35)31-21-10-12-23-33(31)45(34)29-17-6-2-7-18-29/h1-27H. The molecule has 10 aromatic rings. The number of para-hydroxylation sites is 4. The minimum atomic E-state index is 0.566. The van der Waals surface area contributed by atoms with Crippen LogP contribution in [0.15, 0.2) is 173 Å². The molecule has 0 N–H and O–H groups in total. The molecule has 0 saturated carbocycles. The molecule has 3 heterocycles. The Balaban J connectivity index is 1.34. The Kier molecular flexibility index (Phi) is 5.81. The van der Waals surface area contributed by atoms with Crippen LogP contribution in [0.1, 0.15) is 0 Å². The van der Waals surface area contributed by atoms with E-state index in [9.17, 15) is 0 Å². The Morgan fingerprint density at radius 2 is 1.17 bits per heavy atom. The first-order valence-corrected chi connectivity index (χ1v) is 16.1. The fourth-order valence-corrected chi connectivity index (χ4v) is 7.16. The Labute approximate surface area is 275 Å². The van der Waals surface area contributed by atoms with E-state index < -0.39 is 0 Å². The molecule has 0 fully saturated rings. The van der Waals surface area contributed by atoms with Gasteiger partial charge in [-0.25, -0.2) is 4.98 Å². The van der Waals surface area contributed by atoms with E-state index in [0.717, 1.165) is 72.2 Å². The van der Waals surface area contributed by atoms with Crippen LogP contribution < -0.4 is 4.90 Å². The maximum atomic E-state index is 6.71. The van der Waals surface area contributed by atoms with E-state index >= 15 is 0 Å². The number of hydrogen-bond donors (Lipinski definition) is 0. The highest BCUT2D eigenvalue weighted by Gasteiger charge is 2.27. The topological polar surface area (TPSA) is 47.3 Å². The van der Waals surface area contributed by atoms with Crippen molar-refractivity contribution in [2.24, 2.45) is 0 Å². The number of benzene rings is 7. The van der Waals surface area contributed by atoms with Crippen molar-refractivity contribution in [2.45, 2.75) is 0 Å². The maximum absolute atomic E-state index is 6.71. The van der Waals surface area contributed by atoms with Crippen molar-refractivity contribution in [3.8, 4) is 17.1 Å². The number of oxazole rings is 1. The number of nitrogens with zero attached hydrogens (tertiary/aromatic N) is 3. The summed E-state index contributed by atoms with van der Waals surface area (Å²) in [5.74, 6) is 0.566. The molecule has 0 aliphatic carbocycles. The van der Waals surface area contributed by atoms with Gasteiger partial charge in [-0.3, -0.25) is 0 Å². The zero-order chi connectivity index (χ0) is 31.6. The molecule has 5 heteroatoms. The van der Waals surface area contributed by atoms with Gasteiger partial charge < -0.3 is 18.3 Å². The molecule has 226 valence electrons. The molecule has 7 aromatic carbocycles. The van der Waals surface area contributed by atoms with Crippen molar-refractivity contribution in [1.82, 2.24) is 9.55 Å². The molecule has 5 nitrogen and oxygen atoms in total. The number of aromatic nitrogens is 2. The summed E-state index contributed by atoms with van der Waals surface area (Å²) in [6.07, 6.45) is 0. The van der Waals surface area contributed by atoms with Crippen LogP contribution in [-0.4, -0.2) is 9.55 Å². The van der Waals surface area contributed by atoms with Crippen LogP contribution in [-0.2, 0) is 0 Å². The summed E-state index contributed by atoms with van der Waals surface area (Å²) >= 11 is 0. The SMILES string of the molecule is c1ccc(-c2nc3c(N(c4ccccc4)c4cccc5c4c4ccccc4n5-c4ccccc4)cc4oc5ccccc5c4c3o2)cc1. The second kappa shape index (κ2) is 10.5. The van der Waals surface area contributed by atoms with Gasteiger partial charge in [0.1, 0.15) is 16.7 Å². The number of furan rings is 1. The van der Waals surface area contributed by atoms with Crippen LogP contribution in [0, 0.1) is 0 Å². The van der Waals surface area contributed by atoms with Crippen molar-refractivity contribution in [3.05, 3.63) is 164 Å². The summed E-state index contributed by atoms with van der Waals surface area (Å²) in [5, 5.41) is 4.23. The fraction of sp³-hybridized carbons (Fsp3) is 0. The Morgan fingerprint density at radius 1 is 0.500 bits per heavy atom. The van der Waals surface area contributed by atoms with E-state index in [1.807, 2.05) is 54.6 Å². The van der Waals surface area contributed by atoms with E-state index in [2.05, 4.69) is 119 Å². The van der Waals surface area contributed by atoms with Crippen molar-refractivity contribution in [2.75, 3.05) is 4.90 Å². The maximum Gasteiger partial charge on any atom is 0.227 e. The summed E-state index contributed by atoms with van der Waals surface area (Å²) < 4.78 is 15.6. The molecule has 0 saturated heterocycles. The Bertz CT molecular complexity index is 2780. The zero-order valence-corrected chi connectivity index (χ0v) is 25.7. The Hall–Kier alpha value is -6.59. The van der Waals surface area contributed by atoms with Gasteiger partial charge in [0.15, 0.2) is 5.58 Å². The van der Waals surface area contributed by atoms with E-state index in [0.29, 0.717) is 11.5 Å². The normalized spacial score (nSPS) is 11.8. The summed E-state index contributed by atoms with van der Waals surface area (Å²) in [5.41, 5.74) is 10.2. The van der Waals surface area contributed by atoms with Gasteiger partial charge in [0.25, 0.3) is 0 Å². The van der Waals surface area contributed by atoms with Gasteiger partial charge in [0.05, 0.1) is 27.8 Å². The molecule has 0 unspecified atom stereocenters. The lowest BCUT2D eigenvalue weighted by Crippen LogP contribution is -2.11. The van der Waals surface area contributed by atoms with E-state index in [1.54, 1.807) is 0 Å². The largest absolute Gasteiger partial charge is 0.456 e. The average molecular weight is 618 g/mol. The van der Waals surface area contributed by atoms with Gasteiger partial charge in [-0.1, -0.05) is 97.1 Å². The first kappa shape index (κ1) is 26.6. The molecule has 3 aromatic heterocycles. The van der Waals surface area contributed by atoms with Gasteiger partial charge >= 0.3 is 0 Å². The molecule has 0 bridgehead atoms. The van der Waals surface area contributed by atoms with Crippen LogP contribution in [0.4, 0.5) is 17.1 Å². The molecule has 0 aliphatic rings. The lowest BCUT2D eigenvalue weighted by atomic mass is 10.1. The average Bonchev–Trinajstić information content (AvgIpc) is 3.85. The second-order valence-electron chi connectivity index (χ2n) is 12.0. The molecule has 0 atom stereocenters. The Morgan fingerprint density at radius 3 is 1.98 bits per heavy atom. The van der Waals surface area contributed by atoms with Crippen LogP contribution in [0.25, 0.3) is 72.0 Å². The summed E-state index contributed by atoms with van der Waals surface area (Å²) in [6.45, 7) is 0. The minimum Gasteiger partial charge on any atom is -0.456 e. The highest BCUT2D eigenvalue weighted by Crippen LogP contribution is 2.48. The van der Waals surface area contributed by atoms with Crippen LogP contribution in [0.5, 0.6) is 0 Å². The molecular weight excluding hydrogens is 590 g/mol. The van der Waals surface area contributed by atoms with E-state index in [1.165, 1.54) is 5.39 Å². The molecule has 48 heavy (non-hydrogen) atoms. The third-order valence-electron chi connectivity index (χ3n) is 9.19. The smallest absolute Gasteiger partial charge is 0.227 e. The van der Waals surface area contributed by atoms with Gasteiger partial charge in [-0.15, -0.1) is 0 Å². The lowest BCUT2D eigenvalue weighted by molar-refractivity contribution is 0.622. The number of hydrogen-bond acceptors (Lipinski definition) is 4. The number of rotatable bonds is 5. The third-order valence-corrected chi connectivity index (χ3v) is 9.19. The van der Waals surface area contributed by atoms with Crippen molar-refractivity contribution < 1.29 is 8.83 Å². The van der Waals surface area contributed by atoms with Crippen LogP contribution >= 0.6 is 0 Å². The molecule has 0 spiro atoms. The summed E-state index contributed by atoms with van der Waals surface area (Å²) in [6, 6.07) is 56.5. The van der Waals surface area contributed by atoms with E-state index in [4.69, 9.17) is 13.8 Å². The molecule has 0 radical (unpaired) electrons. The van der Waals surface area contributed by atoms with Gasteiger partial charge in [-0.2, -0.15) is 0 Å². The molecule has 0 amide bonds. The number of fused-ring (bicyclic) bond motifs is 8. The molecular formula is C43H27N3O2. The summed E-state index contributed by atoms with van der Waals surface area (Å²) in [7, 11) is 0. The quantitative estimate of drug-likeness (QED) is 0.193. The van der Waals surface area contributed by atoms with Crippen molar-refractivity contribution >= 4 is 71.9 Å². The first-order valence-electron chi connectivity index (χ1n) is 16.1. The van der Waals surface area contributed by atoms with Crippen molar-refractivity contribution in [3.63, 3.8) is 0 Å². The zero-order valence-electron chi connectivity index (χ0n) is 25.7. The number of anilines is 3. The van der Waals surface area contributed by atoms with Gasteiger partial charge in [0.2, 0.25) is 5.89 Å². The predicted molar refractivity (Wildman–Crippen MR) is 196 cm³/mol. The minimum absolute atomic E-state index is 0.566. The predicted octanol–water partition coefficient (Wildman–Crippen LogP) is 12.0. The first-order chi connectivity index (χ1) is 23.8. The van der Waals surface area contributed by atoms with Crippen LogP contribution in [0.2, 0.25) is 0 Å². The van der Waals surface area contributed by atoms with Crippen molar-refractivity contribution in [1.29, 1.82) is 0 Å². The van der Waals surface area contributed by atoms with Gasteiger partial charge in [-0.05, 0) is 60.7 Å². The fourth-order valence-electron chi connectivity index (χ4n) is 7.16. The lowest BCUT2D eigenvalue weighted by Gasteiger charge is -2.26. The van der Waals surface area contributed by atoms with E-state index in [-0.39, 0.29) is 0 Å². The second-order valence-corrected chi connectivity index (χ2v) is 12.0. The summed E-state index contributed by atoms with van der Waals surface area (Å²) in [4.78, 5) is 7.53. The van der Waals surface area contributed by atoms with Gasteiger partial charge in [0, 0.05) is 39.2 Å². The van der Waals surface area contributed by atoms with Crippen LogP contribution in [0.3, 0.4) is 0 Å². The monoisotopic (exact) mass is 617 g/mol.